The summed E-state index contributed by atoms with van der Waals surface area (Å²) < 4.78 is 5.54. The Morgan fingerprint density at radius 3 is 2.28 bits per heavy atom. The molecule has 0 atom stereocenters. The lowest BCUT2D eigenvalue weighted by molar-refractivity contribution is 0.105. The van der Waals surface area contributed by atoms with Gasteiger partial charge < -0.3 is 4.74 Å². The standard InChI is InChI=1S/C28H20ClNO2/c1-2-32-22-13-11-20-16-21(28(29)30-25(20)17-22)12-14-26(31)27-23-9-5-3-7-18(23)15-19-8-4-6-10-24(19)27/h3-17H,2H2,1H3/b14-12-. The maximum Gasteiger partial charge on any atom is 0.187 e. The second-order valence-corrected chi connectivity index (χ2v) is 7.91. The monoisotopic (exact) mass is 437 g/mol. The van der Waals surface area contributed by atoms with Gasteiger partial charge in [-0.05, 0) is 64.9 Å². The van der Waals surface area contributed by atoms with Gasteiger partial charge in [0.2, 0.25) is 0 Å². The van der Waals surface area contributed by atoms with Crippen molar-refractivity contribution in [1.29, 1.82) is 0 Å². The van der Waals surface area contributed by atoms with Gasteiger partial charge in [-0.2, -0.15) is 0 Å². The number of ketones is 1. The van der Waals surface area contributed by atoms with E-state index in [1.165, 1.54) is 0 Å². The summed E-state index contributed by atoms with van der Waals surface area (Å²) in [6.07, 6.45) is 3.32. The molecule has 156 valence electrons. The second-order valence-electron chi connectivity index (χ2n) is 7.55. The number of fused-ring (bicyclic) bond motifs is 3. The van der Waals surface area contributed by atoms with Crippen LogP contribution in [0.25, 0.3) is 38.5 Å². The summed E-state index contributed by atoms with van der Waals surface area (Å²) >= 11 is 6.44. The Hall–Kier alpha value is -3.69. The molecule has 0 saturated carbocycles. The van der Waals surface area contributed by atoms with Gasteiger partial charge in [-0.15, -0.1) is 0 Å². The number of carbonyl (C=O) groups excluding carboxylic acids is 1. The van der Waals surface area contributed by atoms with Crippen molar-refractivity contribution in [2.24, 2.45) is 0 Å². The molecule has 0 saturated heterocycles. The number of aromatic nitrogens is 1. The number of benzene rings is 4. The van der Waals surface area contributed by atoms with Crippen molar-refractivity contribution in [2.75, 3.05) is 6.61 Å². The molecule has 4 heteroatoms. The van der Waals surface area contributed by atoms with E-state index >= 15 is 0 Å². The van der Waals surface area contributed by atoms with Crippen molar-refractivity contribution in [3.63, 3.8) is 0 Å². The Kier molecular flexibility index (Phi) is 5.34. The third kappa shape index (κ3) is 3.72. The zero-order valence-corrected chi connectivity index (χ0v) is 18.3. The van der Waals surface area contributed by atoms with Gasteiger partial charge in [-0.1, -0.05) is 60.1 Å². The molecule has 5 rings (SSSR count). The number of allylic oxidation sites excluding steroid dienone is 1. The lowest BCUT2D eigenvalue weighted by Gasteiger charge is -2.09. The molecule has 4 aromatic carbocycles. The number of hydrogen-bond donors (Lipinski definition) is 0. The van der Waals surface area contributed by atoms with Crippen molar-refractivity contribution in [2.45, 2.75) is 6.92 Å². The molecular weight excluding hydrogens is 418 g/mol. The maximum atomic E-state index is 13.4. The molecule has 0 spiro atoms. The number of hydrogen-bond acceptors (Lipinski definition) is 3. The van der Waals surface area contributed by atoms with Crippen molar-refractivity contribution in [3.8, 4) is 5.75 Å². The normalized spacial score (nSPS) is 11.6. The van der Waals surface area contributed by atoms with Crippen LogP contribution in [0.1, 0.15) is 22.8 Å². The van der Waals surface area contributed by atoms with E-state index in [-0.39, 0.29) is 5.78 Å². The smallest absolute Gasteiger partial charge is 0.187 e. The van der Waals surface area contributed by atoms with Crippen LogP contribution < -0.4 is 4.74 Å². The van der Waals surface area contributed by atoms with Crippen LogP contribution in [0, 0.1) is 0 Å². The Bertz CT molecular complexity index is 1470. The summed E-state index contributed by atoms with van der Waals surface area (Å²) in [7, 11) is 0. The lowest BCUT2D eigenvalue weighted by atomic mass is 9.94. The van der Waals surface area contributed by atoms with Crippen LogP contribution in [0.2, 0.25) is 5.15 Å². The Morgan fingerprint density at radius 2 is 1.59 bits per heavy atom. The van der Waals surface area contributed by atoms with E-state index in [4.69, 9.17) is 16.3 Å². The molecule has 0 N–H and O–H groups in total. The Morgan fingerprint density at radius 1 is 0.906 bits per heavy atom. The Balaban J connectivity index is 1.57. The Labute approximate surface area is 190 Å². The molecule has 0 aliphatic heterocycles. The first-order valence-corrected chi connectivity index (χ1v) is 10.9. The molecule has 0 radical (unpaired) electrons. The predicted octanol–water partition coefficient (Wildman–Crippen LogP) is 7.49. The fourth-order valence-corrected chi connectivity index (χ4v) is 4.25. The summed E-state index contributed by atoms with van der Waals surface area (Å²) in [6, 6.07) is 25.7. The fourth-order valence-electron chi connectivity index (χ4n) is 4.04. The SMILES string of the molecule is CCOc1ccc2cc(/C=C\C(=O)c3c4ccccc4cc4ccccc34)c(Cl)nc2c1. The van der Waals surface area contributed by atoms with Gasteiger partial charge in [0, 0.05) is 22.6 Å². The molecule has 5 aromatic rings. The summed E-state index contributed by atoms with van der Waals surface area (Å²) in [4.78, 5) is 17.9. The van der Waals surface area contributed by atoms with E-state index in [9.17, 15) is 4.79 Å². The van der Waals surface area contributed by atoms with Gasteiger partial charge in [0.1, 0.15) is 10.9 Å². The number of halogens is 1. The molecule has 1 aromatic heterocycles. The quantitative estimate of drug-likeness (QED) is 0.124. The van der Waals surface area contributed by atoms with Crippen molar-refractivity contribution >= 4 is 55.9 Å². The van der Waals surface area contributed by atoms with E-state index in [2.05, 4.69) is 11.1 Å². The molecule has 0 amide bonds. The number of pyridine rings is 1. The van der Waals surface area contributed by atoms with Gasteiger partial charge in [0.15, 0.2) is 5.78 Å². The maximum absolute atomic E-state index is 13.4. The average molecular weight is 438 g/mol. The topological polar surface area (TPSA) is 39.2 Å². The first-order valence-electron chi connectivity index (χ1n) is 10.5. The van der Waals surface area contributed by atoms with Crippen LogP contribution in [0.15, 0.2) is 84.9 Å². The van der Waals surface area contributed by atoms with E-state index < -0.39 is 0 Å². The third-order valence-corrected chi connectivity index (χ3v) is 5.82. The molecular formula is C28H20ClNO2. The molecule has 1 heterocycles. The van der Waals surface area contributed by atoms with Crippen molar-refractivity contribution in [1.82, 2.24) is 4.98 Å². The van der Waals surface area contributed by atoms with Crippen LogP contribution in [0.4, 0.5) is 0 Å². The van der Waals surface area contributed by atoms with Gasteiger partial charge >= 0.3 is 0 Å². The summed E-state index contributed by atoms with van der Waals surface area (Å²) in [5.41, 5.74) is 2.15. The van der Waals surface area contributed by atoms with Crippen LogP contribution in [-0.2, 0) is 0 Å². The predicted molar refractivity (Wildman–Crippen MR) is 133 cm³/mol. The largest absolute Gasteiger partial charge is 0.494 e. The van der Waals surface area contributed by atoms with Crippen molar-refractivity contribution in [3.05, 3.63) is 101 Å². The minimum Gasteiger partial charge on any atom is -0.494 e. The van der Waals surface area contributed by atoms with Gasteiger partial charge in [-0.25, -0.2) is 4.98 Å². The molecule has 0 bridgehead atoms. The molecule has 0 aliphatic carbocycles. The lowest BCUT2D eigenvalue weighted by Crippen LogP contribution is -1.98. The first kappa shape index (κ1) is 20.2. The minimum absolute atomic E-state index is 0.0687. The van der Waals surface area contributed by atoms with Crippen LogP contribution in [-0.4, -0.2) is 17.4 Å². The van der Waals surface area contributed by atoms with Crippen LogP contribution in [0.3, 0.4) is 0 Å². The molecule has 3 nitrogen and oxygen atoms in total. The van der Waals surface area contributed by atoms with Gasteiger partial charge in [0.25, 0.3) is 0 Å². The van der Waals surface area contributed by atoms with Crippen LogP contribution >= 0.6 is 11.6 Å². The minimum atomic E-state index is -0.0687. The number of rotatable bonds is 5. The number of carbonyl (C=O) groups is 1. The zero-order chi connectivity index (χ0) is 22.1. The van der Waals surface area contributed by atoms with Gasteiger partial charge in [-0.3, -0.25) is 4.79 Å². The van der Waals surface area contributed by atoms with Crippen molar-refractivity contribution < 1.29 is 9.53 Å². The van der Waals surface area contributed by atoms with E-state index in [1.807, 2.05) is 79.7 Å². The molecule has 0 aliphatic rings. The summed E-state index contributed by atoms with van der Waals surface area (Å²) in [5.74, 6) is 0.686. The van der Waals surface area contributed by atoms with Crippen LogP contribution in [0.5, 0.6) is 5.75 Å². The summed E-state index contributed by atoms with van der Waals surface area (Å²) in [6.45, 7) is 2.53. The van der Waals surface area contributed by atoms with E-state index in [1.54, 1.807) is 12.2 Å². The number of nitrogens with zero attached hydrogens (tertiary/aromatic N) is 1. The number of ether oxygens (including phenoxy) is 1. The fraction of sp³-hybridized carbons (Fsp3) is 0.0714. The molecule has 0 unspecified atom stereocenters. The highest BCUT2D eigenvalue weighted by atomic mass is 35.5. The highest BCUT2D eigenvalue weighted by Gasteiger charge is 2.13. The van der Waals surface area contributed by atoms with E-state index in [0.29, 0.717) is 22.9 Å². The molecule has 32 heavy (non-hydrogen) atoms. The third-order valence-electron chi connectivity index (χ3n) is 5.51. The zero-order valence-electron chi connectivity index (χ0n) is 17.5. The molecule has 0 fully saturated rings. The summed E-state index contributed by atoms with van der Waals surface area (Å²) in [5, 5.41) is 5.23. The average Bonchev–Trinajstić information content (AvgIpc) is 2.81. The first-order chi connectivity index (χ1) is 15.6. The van der Waals surface area contributed by atoms with E-state index in [0.717, 1.165) is 38.2 Å². The highest BCUT2D eigenvalue weighted by molar-refractivity contribution is 6.31. The second kappa shape index (κ2) is 8.45. The highest BCUT2D eigenvalue weighted by Crippen LogP contribution is 2.30. The van der Waals surface area contributed by atoms with Gasteiger partial charge in [0.05, 0.1) is 12.1 Å².